The number of aromatic nitrogens is 2. The summed E-state index contributed by atoms with van der Waals surface area (Å²) in [4.78, 5) is 41.7. The van der Waals surface area contributed by atoms with Gasteiger partial charge >= 0.3 is 5.69 Å². The van der Waals surface area contributed by atoms with Crippen molar-refractivity contribution in [3.8, 4) is 5.75 Å². The standard InChI is InChI=1S/C23H30N4O4/c1-14(2)12-26(20-21(24)27(13-15(3)4)23(30)25-22(20)29)19(28)8-6-16-5-7-18-17(11-16)9-10-31-18/h5-8,11,14-15H,9-10,12-13,24H2,1-4H3,(H,25,29,30)/b8-6+. The summed E-state index contributed by atoms with van der Waals surface area (Å²) in [6.07, 6.45) is 3.98. The number of rotatable bonds is 7. The quantitative estimate of drug-likeness (QED) is 0.661. The monoisotopic (exact) mass is 426 g/mol. The van der Waals surface area contributed by atoms with Crippen molar-refractivity contribution in [1.29, 1.82) is 0 Å². The smallest absolute Gasteiger partial charge is 0.330 e. The fourth-order valence-electron chi connectivity index (χ4n) is 3.61. The lowest BCUT2D eigenvalue weighted by Crippen LogP contribution is -2.42. The lowest BCUT2D eigenvalue weighted by molar-refractivity contribution is -0.114. The number of carbonyl (C=O) groups is 1. The van der Waals surface area contributed by atoms with Crippen molar-refractivity contribution in [2.45, 2.75) is 40.7 Å². The van der Waals surface area contributed by atoms with Gasteiger partial charge in [-0.1, -0.05) is 33.8 Å². The van der Waals surface area contributed by atoms with E-state index in [4.69, 9.17) is 10.5 Å². The van der Waals surface area contributed by atoms with Crippen molar-refractivity contribution in [3.05, 3.63) is 56.2 Å². The van der Waals surface area contributed by atoms with Crippen LogP contribution >= 0.6 is 0 Å². The molecule has 0 unspecified atom stereocenters. The van der Waals surface area contributed by atoms with Crippen LogP contribution in [0.4, 0.5) is 11.5 Å². The number of benzene rings is 1. The summed E-state index contributed by atoms with van der Waals surface area (Å²) in [6.45, 7) is 9.06. The molecule has 1 aromatic carbocycles. The van der Waals surface area contributed by atoms with Crippen molar-refractivity contribution in [3.63, 3.8) is 0 Å². The highest BCUT2D eigenvalue weighted by Gasteiger charge is 2.24. The van der Waals surface area contributed by atoms with Gasteiger partial charge in [0.1, 0.15) is 11.6 Å². The minimum absolute atomic E-state index is 0.000436. The SMILES string of the molecule is CC(C)CN(C(=O)/C=C/c1ccc2c(c1)CCO2)c1c(N)n(CC(C)C)c(=O)[nH]c1=O. The number of nitrogens with one attached hydrogen (secondary N) is 1. The summed E-state index contributed by atoms with van der Waals surface area (Å²) >= 11 is 0. The molecule has 0 saturated heterocycles. The van der Waals surface area contributed by atoms with Crippen LogP contribution in [0, 0.1) is 11.8 Å². The summed E-state index contributed by atoms with van der Waals surface area (Å²) < 4.78 is 6.83. The number of carbonyl (C=O) groups excluding carboxylic acids is 1. The Labute approximate surface area is 181 Å². The molecule has 1 aliphatic heterocycles. The van der Waals surface area contributed by atoms with Gasteiger partial charge in [0.2, 0.25) is 0 Å². The van der Waals surface area contributed by atoms with Gasteiger partial charge in [-0.05, 0) is 41.2 Å². The number of nitrogen functional groups attached to an aromatic ring is 1. The molecule has 0 aliphatic carbocycles. The Hall–Kier alpha value is -3.29. The molecule has 2 aromatic rings. The second-order valence-corrected chi connectivity index (χ2v) is 8.64. The second-order valence-electron chi connectivity index (χ2n) is 8.64. The molecule has 2 heterocycles. The summed E-state index contributed by atoms with van der Waals surface area (Å²) in [7, 11) is 0. The van der Waals surface area contributed by atoms with Gasteiger partial charge in [0.15, 0.2) is 5.69 Å². The topological polar surface area (TPSA) is 110 Å². The van der Waals surface area contributed by atoms with Crippen LogP contribution in [0.2, 0.25) is 0 Å². The molecular weight excluding hydrogens is 396 g/mol. The number of fused-ring (bicyclic) bond motifs is 1. The predicted molar refractivity (Wildman–Crippen MR) is 122 cm³/mol. The van der Waals surface area contributed by atoms with Gasteiger partial charge in [-0.3, -0.25) is 19.1 Å². The molecule has 0 fully saturated rings. The zero-order valence-corrected chi connectivity index (χ0v) is 18.5. The number of nitrogens with two attached hydrogens (primary N) is 1. The number of nitrogens with zero attached hydrogens (tertiary/aromatic N) is 2. The summed E-state index contributed by atoms with van der Waals surface area (Å²) in [6, 6.07) is 5.76. The first-order chi connectivity index (χ1) is 14.7. The van der Waals surface area contributed by atoms with Crippen molar-refractivity contribution >= 4 is 23.5 Å². The lowest BCUT2D eigenvalue weighted by Gasteiger charge is -2.25. The first kappa shape index (κ1) is 22.4. The zero-order chi connectivity index (χ0) is 22.7. The van der Waals surface area contributed by atoms with Crippen LogP contribution in [0.3, 0.4) is 0 Å². The minimum atomic E-state index is -0.667. The molecule has 166 valence electrons. The first-order valence-electron chi connectivity index (χ1n) is 10.5. The van der Waals surface area contributed by atoms with E-state index in [-0.39, 0.29) is 35.8 Å². The van der Waals surface area contributed by atoms with Gasteiger partial charge in [-0.15, -0.1) is 0 Å². The van der Waals surface area contributed by atoms with Crippen LogP contribution in [-0.4, -0.2) is 28.6 Å². The van der Waals surface area contributed by atoms with Crippen LogP contribution < -0.4 is 26.6 Å². The molecule has 1 amide bonds. The second kappa shape index (κ2) is 9.24. The fraction of sp³-hybridized carbons (Fsp3) is 0.435. The largest absolute Gasteiger partial charge is 0.493 e. The highest BCUT2D eigenvalue weighted by molar-refractivity contribution is 6.05. The molecule has 0 atom stereocenters. The van der Waals surface area contributed by atoms with Gasteiger partial charge in [-0.25, -0.2) is 4.79 Å². The Bertz CT molecular complexity index is 1110. The third-order valence-electron chi connectivity index (χ3n) is 4.98. The molecule has 0 spiro atoms. The fourth-order valence-corrected chi connectivity index (χ4v) is 3.61. The van der Waals surface area contributed by atoms with E-state index in [9.17, 15) is 14.4 Å². The Balaban J connectivity index is 1.97. The van der Waals surface area contributed by atoms with Crippen LogP contribution in [-0.2, 0) is 17.8 Å². The molecule has 3 N–H and O–H groups in total. The van der Waals surface area contributed by atoms with E-state index in [2.05, 4.69) is 4.98 Å². The van der Waals surface area contributed by atoms with E-state index < -0.39 is 11.2 Å². The molecule has 8 heteroatoms. The van der Waals surface area contributed by atoms with Crippen LogP contribution in [0.5, 0.6) is 5.75 Å². The van der Waals surface area contributed by atoms with Gasteiger partial charge in [-0.2, -0.15) is 0 Å². The van der Waals surface area contributed by atoms with Gasteiger partial charge in [0.25, 0.3) is 11.5 Å². The predicted octanol–water partition coefficient (Wildman–Crippen LogP) is 2.41. The number of hydrogen-bond donors (Lipinski definition) is 2. The maximum absolute atomic E-state index is 13.1. The third kappa shape index (κ3) is 5.07. The normalized spacial score (nSPS) is 13.1. The van der Waals surface area contributed by atoms with Crippen LogP contribution in [0.1, 0.15) is 38.8 Å². The Morgan fingerprint density at radius 2 is 2.00 bits per heavy atom. The number of aromatic amines is 1. The van der Waals surface area contributed by atoms with Crippen molar-refractivity contribution < 1.29 is 9.53 Å². The Kier molecular flexibility index (Phi) is 6.68. The molecule has 0 radical (unpaired) electrons. The van der Waals surface area contributed by atoms with Gasteiger partial charge < -0.3 is 15.4 Å². The van der Waals surface area contributed by atoms with E-state index in [0.29, 0.717) is 13.2 Å². The Morgan fingerprint density at radius 3 is 2.68 bits per heavy atom. The molecule has 31 heavy (non-hydrogen) atoms. The molecule has 0 bridgehead atoms. The summed E-state index contributed by atoms with van der Waals surface area (Å²) in [5, 5.41) is 0. The van der Waals surface area contributed by atoms with E-state index in [0.717, 1.165) is 23.3 Å². The number of ether oxygens (including phenoxy) is 1. The maximum atomic E-state index is 13.1. The summed E-state index contributed by atoms with van der Waals surface area (Å²) in [5.74, 6) is 0.712. The van der Waals surface area contributed by atoms with E-state index in [1.165, 1.54) is 15.5 Å². The van der Waals surface area contributed by atoms with Crippen molar-refractivity contribution in [2.75, 3.05) is 23.8 Å². The van der Waals surface area contributed by atoms with E-state index in [1.54, 1.807) is 6.08 Å². The van der Waals surface area contributed by atoms with Crippen LogP contribution in [0.15, 0.2) is 33.9 Å². The van der Waals surface area contributed by atoms with Gasteiger partial charge in [0.05, 0.1) is 6.61 Å². The molecule has 1 aromatic heterocycles. The molecule has 8 nitrogen and oxygen atoms in total. The maximum Gasteiger partial charge on any atom is 0.330 e. The summed E-state index contributed by atoms with van der Waals surface area (Å²) in [5.41, 5.74) is 6.97. The average Bonchev–Trinajstić information content (AvgIpc) is 3.15. The zero-order valence-electron chi connectivity index (χ0n) is 18.5. The molecule has 1 aliphatic rings. The first-order valence-corrected chi connectivity index (χ1v) is 10.5. The van der Waals surface area contributed by atoms with E-state index in [1.807, 2.05) is 45.9 Å². The molecule has 0 saturated carbocycles. The number of hydrogen-bond acceptors (Lipinski definition) is 5. The van der Waals surface area contributed by atoms with Crippen LogP contribution in [0.25, 0.3) is 6.08 Å². The van der Waals surface area contributed by atoms with Gasteiger partial charge in [0, 0.05) is 25.6 Å². The lowest BCUT2D eigenvalue weighted by atomic mass is 10.1. The minimum Gasteiger partial charge on any atom is -0.493 e. The Morgan fingerprint density at radius 1 is 1.26 bits per heavy atom. The van der Waals surface area contributed by atoms with Crippen molar-refractivity contribution in [2.24, 2.45) is 11.8 Å². The highest BCUT2D eigenvalue weighted by Crippen LogP contribution is 2.26. The number of anilines is 2. The third-order valence-corrected chi connectivity index (χ3v) is 4.98. The van der Waals surface area contributed by atoms with E-state index >= 15 is 0 Å². The molecular formula is C23H30N4O4. The number of H-pyrrole nitrogens is 1. The molecule has 3 rings (SSSR count). The average molecular weight is 427 g/mol. The van der Waals surface area contributed by atoms with Crippen molar-refractivity contribution in [1.82, 2.24) is 9.55 Å². The highest BCUT2D eigenvalue weighted by atomic mass is 16.5. The number of amides is 1.